The fourth-order valence-corrected chi connectivity index (χ4v) is 1.93. The molecule has 1 aliphatic rings. The number of carboxylic acids is 1. The first-order valence-corrected chi connectivity index (χ1v) is 4.67. The molecule has 0 aromatic rings. The molecule has 74 valence electrons. The Hall–Kier alpha value is -0.540. The van der Waals surface area contributed by atoms with E-state index in [4.69, 9.17) is 16.7 Å². The van der Waals surface area contributed by atoms with Gasteiger partial charge in [0.15, 0.2) is 0 Å². The molecule has 0 spiro atoms. The van der Waals surface area contributed by atoms with E-state index >= 15 is 0 Å². The van der Waals surface area contributed by atoms with Crippen molar-refractivity contribution < 1.29 is 9.90 Å². The van der Waals surface area contributed by atoms with Crippen LogP contribution in [0.5, 0.6) is 0 Å². The molecule has 0 bridgehead atoms. The third kappa shape index (κ3) is 2.71. The van der Waals surface area contributed by atoms with E-state index in [0.717, 1.165) is 6.54 Å². The molecule has 0 aromatic heterocycles. The van der Waals surface area contributed by atoms with E-state index in [0.29, 0.717) is 18.1 Å². The molecule has 1 aliphatic heterocycles. The van der Waals surface area contributed by atoms with Crippen LogP contribution in [0.15, 0.2) is 11.6 Å². The third-order valence-electron chi connectivity index (χ3n) is 2.40. The Morgan fingerprint density at radius 2 is 2.31 bits per heavy atom. The first kappa shape index (κ1) is 10.5. The summed E-state index contributed by atoms with van der Waals surface area (Å²) in [5.74, 6) is -0.764. The summed E-state index contributed by atoms with van der Waals surface area (Å²) in [6.07, 6.45) is 0. The average molecular weight is 204 g/mol. The number of carboxylic acid groups (broad SMARTS) is 1. The Labute approximate surface area is 83.0 Å². The van der Waals surface area contributed by atoms with E-state index in [-0.39, 0.29) is 11.8 Å². The molecule has 0 radical (unpaired) electrons. The summed E-state index contributed by atoms with van der Waals surface area (Å²) in [6.45, 7) is 7.52. The third-order valence-corrected chi connectivity index (χ3v) is 2.52. The van der Waals surface area contributed by atoms with Gasteiger partial charge in [-0.3, -0.25) is 9.69 Å². The van der Waals surface area contributed by atoms with Gasteiger partial charge in [-0.1, -0.05) is 25.1 Å². The van der Waals surface area contributed by atoms with E-state index < -0.39 is 5.97 Å². The molecule has 13 heavy (non-hydrogen) atoms. The molecule has 1 N–H and O–H groups in total. The van der Waals surface area contributed by atoms with Gasteiger partial charge in [0, 0.05) is 24.7 Å². The van der Waals surface area contributed by atoms with Crippen LogP contribution < -0.4 is 0 Å². The zero-order valence-corrected chi connectivity index (χ0v) is 8.42. The van der Waals surface area contributed by atoms with Crippen molar-refractivity contribution in [3.05, 3.63) is 11.6 Å². The summed E-state index contributed by atoms with van der Waals surface area (Å²) in [4.78, 5) is 12.8. The maximum Gasteiger partial charge on any atom is 0.308 e. The van der Waals surface area contributed by atoms with E-state index in [1.807, 2.05) is 11.8 Å². The Morgan fingerprint density at radius 1 is 1.69 bits per heavy atom. The van der Waals surface area contributed by atoms with Crippen LogP contribution >= 0.6 is 11.6 Å². The molecular weight excluding hydrogens is 190 g/mol. The molecule has 1 saturated heterocycles. The van der Waals surface area contributed by atoms with Gasteiger partial charge in [-0.15, -0.1) is 0 Å². The molecule has 4 heteroatoms. The van der Waals surface area contributed by atoms with Crippen molar-refractivity contribution in [1.29, 1.82) is 0 Å². The average Bonchev–Trinajstić information content (AvgIpc) is 2.29. The van der Waals surface area contributed by atoms with E-state index in [9.17, 15) is 4.79 Å². The quantitative estimate of drug-likeness (QED) is 0.754. The number of halogens is 1. The van der Waals surface area contributed by atoms with E-state index in [2.05, 4.69) is 6.58 Å². The highest BCUT2D eigenvalue weighted by atomic mass is 35.5. The van der Waals surface area contributed by atoms with Crippen LogP contribution in [-0.2, 0) is 4.79 Å². The van der Waals surface area contributed by atoms with Gasteiger partial charge < -0.3 is 5.11 Å². The summed E-state index contributed by atoms with van der Waals surface area (Å²) in [5, 5.41) is 9.42. The van der Waals surface area contributed by atoms with Crippen LogP contribution in [0.25, 0.3) is 0 Å². The van der Waals surface area contributed by atoms with Gasteiger partial charge in [0.1, 0.15) is 0 Å². The second kappa shape index (κ2) is 4.11. The molecule has 0 unspecified atom stereocenters. The molecule has 2 atom stereocenters. The van der Waals surface area contributed by atoms with Crippen molar-refractivity contribution in [2.45, 2.75) is 6.92 Å². The van der Waals surface area contributed by atoms with Gasteiger partial charge in [-0.05, 0) is 5.92 Å². The second-order valence-corrected chi connectivity index (χ2v) is 4.17. The first-order chi connectivity index (χ1) is 6.00. The van der Waals surface area contributed by atoms with Crippen molar-refractivity contribution in [2.75, 3.05) is 19.6 Å². The summed E-state index contributed by atoms with van der Waals surface area (Å²) >= 11 is 5.65. The predicted molar refractivity (Wildman–Crippen MR) is 51.7 cm³/mol. The van der Waals surface area contributed by atoms with Crippen molar-refractivity contribution in [3.8, 4) is 0 Å². The summed E-state index contributed by atoms with van der Waals surface area (Å²) in [6, 6.07) is 0. The lowest BCUT2D eigenvalue weighted by Crippen LogP contribution is -2.24. The highest BCUT2D eigenvalue weighted by Crippen LogP contribution is 2.23. The minimum Gasteiger partial charge on any atom is -0.481 e. The lowest BCUT2D eigenvalue weighted by atomic mass is 9.99. The molecule has 0 amide bonds. The number of nitrogens with zero attached hydrogens (tertiary/aromatic N) is 1. The molecule has 0 aromatic carbocycles. The maximum atomic E-state index is 10.8. The molecule has 1 heterocycles. The van der Waals surface area contributed by atoms with Crippen molar-refractivity contribution in [3.63, 3.8) is 0 Å². The minimum absolute atomic E-state index is 0.202. The molecular formula is C9H14ClNO2. The second-order valence-electron chi connectivity index (χ2n) is 3.63. The van der Waals surface area contributed by atoms with Crippen molar-refractivity contribution in [1.82, 2.24) is 4.90 Å². The molecule has 1 rings (SSSR count). The predicted octanol–water partition coefficient (Wildman–Crippen LogP) is 1.39. The summed E-state index contributed by atoms with van der Waals surface area (Å²) in [7, 11) is 0. The van der Waals surface area contributed by atoms with Crippen LogP contribution in [0, 0.1) is 11.8 Å². The van der Waals surface area contributed by atoms with Crippen LogP contribution in [-0.4, -0.2) is 35.6 Å². The largest absolute Gasteiger partial charge is 0.481 e. The number of likely N-dealkylation sites (tertiary alicyclic amines) is 1. The number of carbonyl (C=O) groups is 1. The number of hydrogen-bond donors (Lipinski definition) is 1. The Balaban J connectivity index is 2.50. The Kier molecular flexibility index (Phi) is 3.33. The van der Waals surface area contributed by atoms with Crippen LogP contribution in [0.3, 0.4) is 0 Å². The fourth-order valence-electron chi connectivity index (χ4n) is 1.76. The van der Waals surface area contributed by atoms with Crippen molar-refractivity contribution >= 4 is 17.6 Å². The van der Waals surface area contributed by atoms with Gasteiger partial charge in [0.2, 0.25) is 0 Å². The zero-order valence-electron chi connectivity index (χ0n) is 7.66. The topological polar surface area (TPSA) is 40.5 Å². The minimum atomic E-state index is -0.713. The van der Waals surface area contributed by atoms with Gasteiger partial charge in [0.25, 0.3) is 0 Å². The van der Waals surface area contributed by atoms with Crippen LogP contribution in [0.1, 0.15) is 6.92 Å². The number of rotatable bonds is 3. The molecule has 0 aliphatic carbocycles. The van der Waals surface area contributed by atoms with Gasteiger partial charge in [0.05, 0.1) is 5.92 Å². The molecule has 3 nitrogen and oxygen atoms in total. The van der Waals surface area contributed by atoms with E-state index in [1.54, 1.807) is 0 Å². The monoisotopic (exact) mass is 203 g/mol. The van der Waals surface area contributed by atoms with Crippen LogP contribution in [0.4, 0.5) is 0 Å². The highest BCUT2D eigenvalue weighted by Gasteiger charge is 2.34. The maximum absolute atomic E-state index is 10.8. The fraction of sp³-hybridized carbons (Fsp3) is 0.667. The smallest absolute Gasteiger partial charge is 0.308 e. The van der Waals surface area contributed by atoms with Crippen LogP contribution in [0.2, 0.25) is 0 Å². The van der Waals surface area contributed by atoms with E-state index in [1.165, 1.54) is 0 Å². The van der Waals surface area contributed by atoms with Gasteiger partial charge >= 0.3 is 5.97 Å². The summed E-state index contributed by atoms with van der Waals surface area (Å²) < 4.78 is 0. The molecule has 0 saturated carbocycles. The zero-order chi connectivity index (χ0) is 10.0. The molecule has 1 fully saturated rings. The lowest BCUT2D eigenvalue weighted by Gasteiger charge is -2.13. The van der Waals surface area contributed by atoms with Gasteiger partial charge in [-0.25, -0.2) is 0 Å². The number of aliphatic carboxylic acids is 1. The summed E-state index contributed by atoms with van der Waals surface area (Å²) in [5.41, 5.74) is 0. The van der Waals surface area contributed by atoms with Gasteiger partial charge in [-0.2, -0.15) is 0 Å². The Morgan fingerprint density at radius 3 is 2.69 bits per heavy atom. The lowest BCUT2D eigenvalue weighted by molar-refractivity contribution is -0.142. The normalized spacial score (nSPS) is 29.1. The first-order valence-electron chi connectivity index (χ1n) is 4.29. The number of hydrogen-bond acceptors (Lipinski definition) is 2. The SMILES string of the molecule is C=C(Cl)CN1C[C@@H](C)[C@H](C(=O)O)C1. The highest BCUT2D eigenvalue weighted by molar-refractivity contribution is 6.29. The van der Waals surface area contributed by atoms with Crippen molar-refractivity contribution in [2.24, 2.45) is 11.8 Å². The Bertz CT molecular complexity index is 230. The standard InChI is InChI=1S/C9H14ClNO2/c1-6-3-11(4-7(2)10)5-8(6)9(12)13/h6,8H,2-5H2,1H3,(H,12,13)/t6-,8-/m1/s1.